The molecule has 0 aliphatic carbocycles. The predicted octanol–water partition coefficient (Wildman–Crippen LogP) is 4.50. The van der Waals surface area contributed by atoms with Crippen molar-refractivity contribution in [3.05, 3.63) is 83.2 Å². The number of aryl methyl sites for hydroxylation is 2. The van der Waals surface area contributed by atoms with Gasteiger partial charge in [0.25, 0.3) is 5.91 Å². The average Bonchev–Trinajstić information content (AvgIpc) is 3.69. The van der Waals surface area contributed by atoms with Gasteiger partial charge in [0, 0.05) is 38.8 Å². The zero-order valence-corrected chi connectivity index (χ0v) is 24.3. The molecule has 0 fully saturated rings. The second-order valence-electron chi connectivity index (χ2n) is 9.39. The van der Waals surface area contributed by atoms with E-state index < -0.39 is 15.9 Å². The lowest BCUT2D eigenvalue weighted by Gasteiger charge is -2.14. The fourth-order valence-electron chi connectivity index (χ4n) is 4.09. The van der Waals surface area contributed by atoms with E-state index in [0.717, 1.165) is 9.18 Å². The highest BCUT2D eigenvalue weighted by atomic mass is 32.2. The van der Waals surface area contributed by atoms with Gasteiger partial charge < -0.3 is 14.3 Å². The van der Waals surface area contributed by atoms with Gasteiger partial charge in [0.2, 0.25) is 16.0 Å². The maximum atomic E-state index is 13.2. The molecule has 1 amide bonds. The van der Waals surface area contributed by atoms with Crippen LogP contribution in [-0.2, 0) is 16.6 Å². The van der Waals surface area contributed by atoms with Crippen molar-refractivity contribution in [2.24, 2.45) is 0 Å². The van der Waals surface area contributed by atoms with Crippen LogP contribution in [0.3, 0.4) is 0 Å². The number of fused-ring (bicyclic) bond motifs is 1. The van der Waals surface area contributed by atoms with Crippen LogP contribution in [0.15, 0.2) is 71.3 Å². The highest BCUT2D eigenvalue weighted by molar-refractivity contribution is 7.89. The third-order valence-electron chi connectivity index (χ3n) is 6.35. The van der Waals surface area contributed by atoms with Crippen molar-refractivity contribution >= 4 is 55.7 Å². The first-order chi connectivity index (χ1) is 19.6. The molecular formula is C28H28N6O5S2. The van der Waals surface area contributed by atoms with Gasteiger partial charge in [0.05, 0.1) is 39.3 Å². The summed E-state index contributed by atoms with van der Waals surface area (Å²) >= 11 is 1.24. The van der Waals surface area contributed by atoms with Gasteiger partial charge >= 0.3 is 0 Å². The summed E-state index contributed by atoms with van der Waals surface area (Å²) in [5.74, 6) is 0.665. The van der Waals surface area contributed by atoms with E-state index in [0.29, 0.717) is 38.8 Å². The van der Waals surface area contributed by atoms with Crippen molar-refractivity contribution in [3.8, 4) is 10.6 Å². The number of oxazole rings is 1. The summed E-state index contributed by atoms with van der Waals surface area (Å²) in [6.07, 6.45) is 1.60. The zero-order valence-electron chi connectivity index (χ0n) is 22.6. The third kappa shape index (κ3) is 6.37. The van der Waals surface area contributed by atoms with Crippen molar-refractivity contribution in [3.63, 3.8) is 0 Å². The summed E-state index contributed by atoms with van der Waals surface area (Å²) in [5.41, 5.74) is 2.44. The van der Waals surface area contributed by atoms with E-state index in [4.69, 9.17) is 4.42 Å². The lowest BCUT2D eigenvalue weighted by molar-refractivity contribution is 0.100. The molecule has 2 aromatic carbocycles. The molecule has 0 radical (unpaired) electrons. The molecule has 2 N–H and O–H groups in total. The number of amides is 1. The van der Waals surface area contributed by atoms with Crippen LogP contribution in [-0.4, -0.2) is 65.3 Å². The molecule has 13 heteroatoms. The van der Waals surface area contributed by atoms with Crippen molar-refractivity contribution in [1.82, 2.24) is 18.8 Å². The minimum Gasteiger partial charge on any atom is -0.440 e. The van der Waals surface area contributed by atoms with E-state index in [1.807, 2.05) is 18.2 Å². The molecule has 0 spiro atoms. The molecule has 3 aromatic heterocycles. The summed E-state index contributed by atoms with van der Waals surface area (Å²) in [5, 5.41) is 5.96. The summed E-state index contributed by atoms with van der Waals surface area (Å²) in [4.78, 5) is 35.6. The van der Waals surface area contributed by atoms with Crippen LogP contribution in [0.5, 0.6) is 0 Å². The number of carbonyl (C=O) groups excluding carboxylic acids is 2. The van der Waals surface area contributed by atoms with E-state index in [2.05, 4.69) is 20.6 Å². The van der Waals surface area contributed by atoms with Gasteiger partial charge in [-0.15, -0.1) is 11.3 Å². The first-order valence-corrected chi connectivity index (χ1v) is 15.1. The van der Waals surface area contributed by atoms with Crippen LogP contribution < -0.4 is 10.6 Å². The molecular weight excluding hydrogens is 564 g/mol. The quantitative estimate of drug-likeness (QED) is 0.214. The summed E-state index contributed by atoms with van der Waals surface area (Å²) in [6.45, 7) is 1.90. The Labute approximate surface area is 240 Å². The Kier molecular flexibility index (Phi) is 8.01. The van der Waals surface area contributed by atoms with Gasteiger partial charge in [-0.1, -0.05) is 30.3 Å². The summed E-state index contributed by atoms with van der Waals surface area (Å²) in [6, 6.07) is 17.8. The number of hydrogen-bond acceptors (Lipinski definition) is 9. The molecule has 5 rings (SSSR count). The Morgan fingerprint density at radius 3 is 2.56 bits per heavy atom. The number of thiophene rings is 1. The Bertz CT molecular complexity index is 1820. The van der Waals surface area contributed by atoms with Crippen LogP contribution in [0, 0.1) is 6.92 Å². The SMILES string of the molecule is Cc1ncc(-c2ccc(C(=O)Nc3nc4cc(NCC(=O)c5ccccc5)ccc4n3CCS(=O)(=O)N(C)C)s2)o1. The van der Waals surface area contributed by atoms with Crippen LogP contribution in [0.4, 0.5) is 11.6 Å². The van der Waals surface area contributed by atoms with Crippen LogP contribution in [0.1, 0.15) is 25.9 Å². The normalized spacial score (nSPS) is 11.7. The molecule has 0 aliphatic rings. The molecule has 3 heterocycles. The van der Waals surface area contributed by atoms with Gasteiger partial charge in [-0.05, 0) is 30.3 Å². The zero-order chi connectivity index (χ0) is 29.1. The van der Waals surface area contributed by atoms with E-state index in [-0.39, 0.29) is 30.6 Å². The minimum atomic E-state index is -3.51. The lowest BCUT2D eigenvalue weighted by Crippen LogP contribution is -2.27. The Hall–Kier alpha value is -4.33. The van der Waals surface area contributed by atoms with Gasteiger partial charge in [-0.2, -0.15) is 0 Å². The molecule has 0 unspecified atom stereocenters. The standard InChI is InChI=1S/C28H28N6O5S2/c1-18-29-17-24(39-18)25-11-12-26(40-25)27(36)32-28-31-21-15-20(30-16-23(35)19-7-5-4-6-8-19)9-10-22(21)34(28)13-14-41(37,38)33(2)3/h4-12,15,17,30H,13-14,16H2,1-3H3,(H,31,32,36). The van der Waals surface area contributed by atoms with E-state index in [1.165, 1.54) is 25.4 Å². The topological polar surface area (TPSA) is 139 Å². The maximum absolute atomic E-state index is 13.2. The average molecular weight is 593 g/mol. The van der Waals surface area contributed by atoms with Gasteiger partial charge in [-0.3, -0.25) is 14.9 Å². The third-order valence-corrected chi connectivity index (χ3v) is 9.26. The number of nitrogens with one attached hydrogen (secondary N) is 2. The number of Topliss-reactive ketones (excluding diaryl/α,β-unsaturated/α-hetero) is 1. The van der Waals surface area contributed by atoms with Crippen molar-refractivity contribution in [2.75, 3.05) is 37.0 Å². The molecule has 0 atom stereocenters. The molecule has 0 aliphatic heterocycles. The number of rotatable bonds is 11. The number of carbonyl (C=O) groups is 2. The first kappa shape index (κ1) is 28.2. The van der Waals surface area contributed by atoms with E-state index >= 15 is 0 Å². The maximum Gasteiger partial charge on any atom is 0.268 e. The van der Waals surface area contributed by atoms with Crippen LogP contribution in [0.25, 0.3) is 21.7 Å². The van der Waals surface area contributed by atoms with Crippen LogP contribution in [0.2, 0.25) is 0 Å². The highest BCUT2D eigenvalue weighted by Crippen LogP contribution is 2.30. The lowest BCUT2D eigenvalue weighted by atomic mass is 10.1. The predicted molar refractivity (Wildman–Crippen MR) is 159 cm³/mol. The van der Waals surface area contributed by atoms with Crippen molar-refractivity contribution < 1.29 is 22.4 Å². The summed E-state index contributed by atoms with van der Waals surface area (Å²) in [7, 11) is -0.560. The molecule has 5 aromatic rings. The number of anilines is 2. The van der Waals surface area contributed by atoms with Crippen molar-refractivity contribution in [1.29, 1.82) is 0 Å². The van der Waals surface area contributed by atoms with E-state index in [1.54, 1.807) is 60.2 Å². The highest BCUT2D eigenvalue weighted by Gasteiger charge is 2.20. The smallest absolute Gasteiger partial charge is 0.268 e. The van der Waals surface area contributed by atoms with Gasteiger partial charge in [0.15, 0.2) is 17.4 Å². The summed E-state index contributed by atoms with van der Waals surface area (Å²) < 4.78 is 33.4. The van der Waals surface area contributed by atoms with Crippen LogP contribution >= 0.6 is 11.3 Å². The number of benzene rings is 2. The second kappa shape index (κ2) is 11.6. The molecule has 0 bridgehead atoms. The van der Waals surface area contributed by atoms with Gasteiger partial charge in [0.1, 0.15) is 0 Å². The van der Waals surface area contributed by atoms with Gasteiger partial charge in [-0.25, -0.2) is 22.7 Å². The molecule has 0 saturated carbocycles. The second-order valence-corrected chi connectivity index (χ2v) is 12.8. The number of imidazole rings is 1. The first-order valence-electron chi connectivity index (χ1n) is 12.7. The van der Waals surface area contributed by atoms with E-state index in [9.17, 15) is 18.0 Å². The number of ketones is 1. The molecule has 11 nitrogen and oxygen atoms in total. The molecule has 0 saturated heterocycles. The van der Waals surface area contributed by atoms with Crippen molar-refractivity contribution in [2.45, 2.75) is 13.5 Å². The fraction of sp³-hybridized carbons (Fsp3) is 0.214. The largest absolute Gasteiger partial charge is 0.440 e. The Balaban J connectivity index is 1.40. The number of hydrogen-bond donors (Lipinski definition) is 2. The molecule has 41 heavy (non-hydrogen) atoms. The fourth-order valence-corrected chi connectivity index (χ4v) is 5.72. The molecule has 212 valence electrons. The number of aromatic nitrogens is 3. The Morgan fingerprint density at radius 1 is 1.07 bits per heavy atom. The minimum absolute atomic E-state index is 0.0612. The monoisotopic (exact) mass is 592 g/mol. The Morgan fingerprint density at radius 2 is 1.85 bits per heavy atom. The number of nitrogens with zero attached hydrogens (tertiary/aromatic N) is 4. The number of sulfonamides is 1.